The Hall–Kier alpha value is -1.97. The second-order valence-corrected chi connectivity index (χ2v) is 9.71. The van der Waals surface area contributed by atoms with Crippen LogP contribution in [0.1, 0.15) is 6.42 Å². The summed E-state index contributed by atoms with van der Waals surface area (Å²) in [6.45, 7) is 1.84. The van der Waals surface area contributed by atoms with Crippen molar-refractivity contribution in [2.45, 2.75) is 17.9 Å². The fourth-order valence-corrected chi connectivity index (χ4v) is 5.33. The molecule has 0 N–H and O–H groups in total. The van der Waals surface area contributed by atoms with Crippen LogP contribution in [0.4, 0.5) is 4.39 Å². The van der Waals surface area contributed by atoms with Gasteiger partial charge in [0, 0.05) is 41.5 Å². The lowest BCUT2D eigenvalue weighted by atomic mass is 10.2. The Morgan fingerprint density at radius 1 is 1.17 bits per heavy atom. The number of aromatic nitrogens is 1. The van der Waals surface area contributed by atoms with Gasteiger partial charge in [0.2, 0.25) is 5.91 Å². The normalized spacial score (nSPS) is 13.7. The van der Waals surface area contributed by atoms with Gasteiger partial charge < -0.3 is 14.0 Å². The molecule has 1 aliphatic heterocycles. The molecule has 0 atom stereocenters. The zero-order valence-corrected chi connectivity index (χ0v) is 18.9. The molecule has 0 bridgehead atoms. The lowest BCUT2D eigenvalue weighted by Gasteiger charge is -2.18. The van der Waals surface area contributed by atoms with Crippen LogP contribution in [0.2, 0.25) is 0 Å². The average molecular weight is 465 g/mol. The molecule has 0 spiro atoms. The summed E-state index contributed by atoms with van der Waals surface area (Å²) in [5.41, 5.74) is 1.01. The van der Waals surface area contributed by atoms with Gasteiger partial charge in [0.25, 0.3) is 0 Å². The van der Waals surface area contributed by atoms with Crippen LogP contribution in [-0.2, 0) is 11.3 Å². The molecule has 3 aromatic rings. The van der Waals surface area contributed by atoms with E-state index in [0.29, 0.717) is 30.2 Å². The van der Waals surface area contributed by atoms with E-state index in [9.17, 15) is 9.18 Å². The Kier molecular flexibility index (Phi) is 7.01. The molecule has 0 saturated carbocycles. The molecule has 0 aliphatic carbocycles. The SMILES string of the molecule is CSCCn1c(=NC(=O)CCSc2ccc(F)cc2)sc2cc3c(cc21)OCCO3. The van der Waals surface area contributed by atoms with Crippen LogP contribution in [0.3, 0.4) is 0 Å². The van der Waals surface area contributed by atoms with E-state index in [2.05, 4.69) is 15.8 Å². The summed E-state index contributed by atoms with van der Waals surface area (Å²) in [6, 6.07) is 10.2. The van der Waals surface area contributed by atoms with E-state index < -0.39 is 0 Å². The molecule has 4 rings (SSSR count). The van der Waals surface area contributed by atoms with E-state index in [-0.39, 0.29) is 11.7 Å². The quantitative estimate of drug-likeness (QED) is 0.479. The van der Waals surface area contributed by atoms with Gasteiger partial charge in [-0.1, -0.05) is 11.3 Å². The van der Waals surface area contributed by atoms with Crippen molar-refractivity contribution in [3.63, 3.8) is 0 Å². The zero-order valence-electron chi connectivity index (χ0n) is 16.4. The van der Waals surface area contributed by atoms with Gasteiger partial charge >= 0.3 is 0 Å². The highest BCUT2D eigenvalue weighted by molar-refractivity contribution is 7.99. The average Bonchev–Trinajstić information content (AvgIpc) is 3.07. The number of amides is 1. The lowest BCUT2D eigenvalue weighted by Crippen LogP contribution is -2.19. The number of carbonyl (C=O) groups is 1. The summed E-state index contributed by atoms with van der Waals surface area (Å²) in [6.07, 6.45) is 2.38. The van der Waals surface area contributed by atoms with Crippen LogP contribution in [0, 0.1) is 5.82 Å². The monoisotopic (exact) mass is 464 g/mol. The molecule has 2 aromatic carbocycles. The summed E-state index contributed by atoms with van der Waals surface area (Å²) in [4.78, 5) is 18.5. The molecule has 0 fully saturated rings. The van der Waals surface area contributed by atoms with E-state index in [1.807, 2.05) is 12.1 Å². The Morgan fingerprint density at radius 2 is 1.90 bits per heavy atom. The molecule has 1 aliphatic rings. The predicted octanol–water partition coefficient (Wildman–Crippen LogP) is 4.59. The minimum absolute atomic E-state index is 0.161. The minimum atomic E-state index is -0.262. The van der Waals surface area contributed by atoms with Crippen molar-refractivity contribution in [3.05, 3.63) is 47.0 Å². The van der Waals surface area contributed by atoms with Crippen LogP contribution in [-0.4, -0.2) is 41.4 Å². The first-order chi connectivity index (χ1) is 14.6. The molecule has 0 saturated heterocycles. The number of halogens is 1. The molecule has 0 unspecified atom stereocenters. The van der Waals surface area contributed by atoms with E-state index in [1.165, 1.54) is 35.2 Å². The third-order valence-electron chi connectivity index (χ3n) is 4.48. The van der Waals surface area contributed by atoms with E-state index in [4.69, 9.17) is 9.47 Å². The van der Waals surface area contributed by atoms with Gasteiger partial charge in [-0.15, -0.1) is 11.8 Å². The second kappa shape index (κ2) is 9.89. The fraction of sp³-hybridized carbons (Fsp3) is 0.333. The van der Waals surface area contributed by atoms with Crippen LogP contribution < -0.4 is 14.3 Å². The van der Waals surface area contributed by atoms with Crippen molar-refractivity contribution >= 4 is 51.0 Å². The maximum absolute atomic E-state index is 13.0. The van der Waals surface area contributed by atoms with Gasteiger partial charge in [0.1, 0.15) is 19.0 Å². The molecule has 158 valence electrons. The Balaban J connectivity index is 1.55. The van der Waals surface area contributed by atoms with E-state index >= 15 is 0 Å². The van der Waals surface area contributed by atoms with Crippen molar-refractivity contribution < 1.29 is 18.7 Å². The highest BCUT2D eigenvalue weighted by Gasteiger charge is 2.16. The molecular formula is C21H21FN2O3S3. The third-order valence-corrected chi connectivity index (χ3v) is 7.13. The second-order valence-electron chi connectivity index (χ2n) is 6.55. The first-order valence-corrected chi connectivity index (χ1v) is 12.7. The van der Waals surface area contributed by atoms with E-state index in [0.717, 1.165) is 38.9 Å². The fourth-order valence-electron chi connectivity index (χ4n) is 3.04. The minimum Gasteiger partial charge on any atom is -0.486 e. The maximum atomic E-state index is 13.0. The van der Waals surface area contributed by atoms with Gasteiger partial charge in [-0.25, -0.2) is 4.39 Å². The number of carbonyl (C=O) groups excluding carboxylic acids is 1. The number of aryl methyl sites for hydroxylation is 1. The highest BCUT2D eigenvalue weighted by Crippen LogP contribution is 2.35. The van der Waals surface area contributed by atoms with Crippen LogP contribution >= 0.6 is 34.9 Å². The number of benzene rings is 2. The topological polar surface area (TPSA) is 52.8 Å². The summed E-state index contributed by atoms with van der Waals surface area (Å²) >= 11 is 4.76. The highest BCUT2D eigenvalue weighted by atomic mass is 32.2. The number of nitrogens with zero attached hydrogens (tertiary/aromatic N) is 2. The molecular weight excluding hydrogens is 443 g/mol. The van der Waals surface area contributed by atoms with Crippen molar-refractivity contribution in [2.24, 2.45) is 4.99 Å². The van der Waals surface area contributed by atoms with Crippen LogP contribution in [0.15, 0.2) is 46.3 Å². The maximum Gasteiger partial charge on any atom is 0.249 e. The van der Waals surface area contributed by atoms with Gasteiger partial charge in [-0.05, 0) is 30.5 Å². The summed E-state index contributed by atoms with van der Waals surface area (Å²) in [5.74, 6) is 2.56. The molecule has 1 aromatic heterocycles. The van der Waals surface area contributed by atoms with Crippen molar-refractivity contribution in [3.8, 4) is 11.5 Å². The lowest BCUT2D eigenvalue weighted by molar-refractivity contribution is -0.117. The van der Waals surface area contributed by atoms with Gasteiger partial charge in [-0.2, -0.15) is 16.8 Å². The number of hydrogen-bond donors (Lipinski definition) is 0. The summed E-state index contributed by atoms with van der Waals surface area (Å²) in [5, 5.41) is 0. The number of hydrogen-bond acceptors (Lipinski definition) is 6. The Bertz CT molecular complexity index is 1110. The third kappa shape index (κ3) is 5.01. The number of thioether (sulfide) groups is 2. The molecule has 0 radical (unpaired) electrons. The summed E-state index contributed by atoms with van der Waals surface area (Å²) in [7, 11) is 0. The number of ether oxygens (including phenoxy) is 2. The first kappa shape index (κ1) is 21.3. The Morgan fingerprint density at radius 3 is 2.63 bits per heavy atom. The Labute approximate surface area is 186 Å². The van der Waals surface area contributed by atoms with Crippen molar-refractivity contribution in [1.29, 1.82) is 0 Å². The molecule has 9 heteroatoms. The van der Waals surface area contributed by atoms with E-state index in [1.54, 1.807) is 23.9 Å². The first-order valence-electron chi connectivity index (χ1n) is 9.52. The molecule has 30 heavy (non-hydrogen) atoms. The van der Waals surface area contributed by atoms with Crippen molar-refractivity contribution in [1.82, 2.24) is 4.57 Å². The molecule has 5 nitrogen and oxygen atoms in total. The number of fused-ring (bicyclic) bond motifs is 2. The number of thiazole rings is 1. The van der Waals surface area contributed by atoms with Crippen LogP contribution in [0.5, 0.6) is 11.5 Å². The predicted molar refractivity (Wildman–Crippen MR) is 121 cm³/mol. The number of rotatable bonds is 7. The van der Waals surface area contributed by atoms with Gasteiger partial charge in [-0.3, -0.25) is 4.79 Å². The van der Waals surface area contributed by atoms with Gasteiger partial charge in [0.15, 0.2) is 16.3 Å². The van der Waals surface area contributed by atoms with Gasteiger partial charge in [0.05, 0.1) is 10.2 Å². The van der Waals surface area contributed by atoms with Crippen LogP contribution in [0.25, 0.3) is 10.2 Å². The smallest absolute Gasteiger partial charge is 0.249 e. The standard InChI is InChI=1S/C21H21FN2O3S3/c1-28-11-7-24-16-12-17-18(27-9-8-26-17)13-19(16)30-21(24)23-20(25)6-10-29-15-4-2-14(22)3-5-15/h2-5,12-13H,6-11H2,1H3. The summed E-state index contributed by atoms with van der Waals surface area (Å²) < 4.78 is 27.5. The molecule has 1 amide bonds. The van der Waals surface area contributed by atoms with Crippen molar-refractivity contribution in [2.75, 3.05) is 31.0 Å². The largest absolute Gasteiger partial charge is 0.486 e. The zero-order chi connectivity index (χ0) is 20.9. The molecule has 2 heterocycles.